The van der Waals surface area contributed by atoms with Gasteiger partial charge in [-0.2, -0.15) is 13.2 Å². The molecular weight excluding hydrogens is 221 g/mol. The van der Waals surface area contributed by atoms with E-state index in [9.17, 15) is 18.0 Å². The summed E-state index contributed by atoms with van der Waals surface area (Å²) in [4.78, 5) is 11.1. The average Bonchev–Trinajstić information content (AvgIpc) is 2.15. The van der Waals surface area contributed by atoms with E-state index in [0.717, 1.165) is 5.56 Å². The van der Waals surface area contributed by atoms with Gasteiger partial charge < -0.3 is 0 Å². The van der Waals surface area contributed by atoms with E-state index in [4.69, 9.17) is 5.84 Å². The Bertz CT molecular complexity index is 373. The van der Waals surface area contributed by atoms with E-state index >= 15 is 0 Å². The molecule has 6 heteroatoms. The van der Waals surface area contributed by atoms with Crippen LogP contribution in [0.5, 0.6) is 0 Å². The summed E-state index contributed by atoms with van der Waals surface area (Å²) in [7, 11) is 0. The van der Waals surface area contributed by atoms with Crippen LogP contribution in [0.25, 0.3) is 0 Å². The maximum absolute atomic E-state index is 11.9. The fourth-order valence-corrected chi connectivity index (χ4v) is 1.11. The van der Waals surface area contributed by atoms with E-state index in [1.807, 2.05) is 6.92 Å². The Kier molecular flexibility index (Phi) is 3.54. The fourth-order valence-electron chi connectivity index (χ4n) is 1.11. The molecule has 0 saturated heterocycles. The third-order valence-electron chi connectivity index (χ3n) is 1.93. The highest BCUT2D eigenvalue weighted by atomic mass is 19.4. The average molecular weight is 232 g/mol. The lowest BCUT2D eigenvalue weighted by Gasteiger charge is -2.17. The Morgan fingerprint density at radius 1 is 1.31 bits per heavy atom. The van der Waals surface area contributed by atoms with Crippen molar-refractivity contribution in [3.05, 3.63) is 29.8 Å². The number of nitrogens with zero attached hydrogens (tertiary/aromatic N) is 1. The van der Waals surface area contributed by atoms with Crippen molar-refractivity contribution >= 4 is 11.6 Å². The van der Waals surface area contributed by atoms with Crippen molar-refractivity contribution in [3.8, 4) is 0 Å². The van der Waals surface area contributed by atoms with Crippen molar-refractivity contribution in [3.63, 3.8) is 0 Å². The van der Waals surface area contributed by atoms with Crippen LogP contribution in [-0.2, 0) is 4.79 Å². The molecule has 16 heavy (non-hydrogen) atoms. The van der Waals surface area contributed by atoms with Crippen LogP contribution >= 0.6 is 0 Å². The highest BCUT2D eigenvalue weighted by Crippen LogP contribution is 2.22. The van der Waals surface area contributed by atoms with E-state index in [-0.39, 0.29) is 5.69 Å². The number of benzene rings is 1. The third-order valence-corrected chi connectivity index (χ3v) is 1.93. The van der Waals surface area contributed by atoms with Gasteiger partial charge in [0, 0.05) is 0 Å². The molecule has 0 heterocycles. The number of rotatable bonds is 2. The highest BCUT2D eigenvalue weighted by molar-refractivity contribution is 5.92. The Hall–Kier alpha value is -1.56. The number of halogens is 3. The largest absolute Gasteiger partial charge is 0.397 e. The summed E-state index contributed by atoms with van der Waals surface area (Å²) in [6, 6.07) is 6.30. The van der Waals surface area contributed by atoms with Crippen LogP contribution in [0.4, 0.5) is 18.9 Å². The van der Waals surface area contributed by atoms with Crippen molar-refractivity contribution in [1.29, 1.82) is 0 Å². The fraction of sp³-hybridized carbons (Fsp3) is 0.300. The minimum atomic E-state index is -4.54. The second kappa shape index (κ2) is 4.52. The first kappa shape index (κ1) is 12.5. The molecule has 0 aliphatic heterocycles. The molecule has 2 N–H and O–H groups in total. The predicted molar refractivity (Wildman–Crippen MR) is 53.5 cm³/mol. The first-order valence-corrected chi connectivity index (χ1v) is 4.50. The molecule has 0 aliphatic carbocycles. The number of carbonyl (C=O) groups is 1. The van der Waals surface area contributed by atoms with E-state index in [1.54, 1.807) is 12.1 Å². The molecule has 0 unspecified atom stereocenters. The molecule has 1 rings (SSSR count). The quantitative estimate of drug-likeness (QED) is 0.482. The Morgan fingerprint density at radius 3 is 2.25 bits per heavy atom. The molecule has 1 aromatic carbocycles. The molecule has 0 spiro atoms. The summed E-state index contributed by atoms with van der Waals surface area (Å²) in [6.07, 6.45) is -6.10. The summed E-state index contributed by atoms with van der Waals surface area (Å²) >= 11 is 0. The maximum Gasteiger partial charge on any atom is 0.397 e. The van der Waals surface area contributed by atoms with E-state index in [0.29, 0.717) is 5.01 Å². The predicted octanol–water partition coefficient (Wildman–Crippen LogP) is 2.15. The van der Waals surface area contributed by atoms with E-state index in [2.05, 4.69) is 0 Å². The minimum Gasteiger partial charge on any atom is -0.273 e. The number of hydrazine groups is 1. The molecular formula is C10H11F3N2O. The summed E-state index contributed by atoms with van der Waals surface area (Å²) < 4.78 is 35.8. The number of amides is 1. The van der Waals surface area contributed by atoms with Crippen molar-refractivity contribution in [2.45, 2.75) is 19.5 Å². The molecule has 0 bridgehead atoms. The zero-order chi connectivity index (χ0) is 12.3. The molecule has 3 nitrogen and oxygen atoms in total. The molecule has 0 atom stereocenters. The van der Waals surface area contributed by atoms with Crippen LogP contribution < -0.4 is 10.9 Å². The lowest BCUT2D eigenvalue weighted by atomic mass is 10.2. The van der Waals surface area contributed by atoms with Crippen LogP contribution in [0.2, 0.25) is 0 Å². The molecule has 0 aliphatic rings. The Balaban J connectivity index is 2.74. The number of nitrogens with two attached hydrogens (primary N) is 1. The van der Waals surface area contributed by atoms with Gasteiger partial charge >= 0.3 is 6.18 Å². The summed E-state index contributed by atoms with van der Waals surface area (Å²) in [5.41, 5.74) is 1.17. The second-order valence-electron chi connectivity index (χ2n) is 3.39. The van der Waals surface area contributed by atoms with Crippen molar-refractivity contribution in [2.24, 2.45) is 5.84 Å². The van der Waals surface area contributed by atoms with Gasteiger partial charge in [-0.15, -0.1) is 0 Å². The maximum atomic E-state index is 11.9. The zero-order valence-corrected chi connectivity index (χ0v) is 8.58. The molecule has 1 aromatic rings. The Labute approximate surface area is 90.6 Å². The minimum absolute atomic E-state index is 0.236. The van der Waals surface area contributed by atoms with Crippen LogP contribution in [0, 0.1) is 6.92 Å². The molecule has 0 saturated carbocycles. The number of hydrogen-bond acceptors (Lipinski definition) is 2. The van der Waals surface area contributed by atoms with Gasteiger partial charge in [-0.1, -0.05) is 17.7 Å². The van der Waals surface area contributed by atoms with Gasteiger partial charge in [0.05, 0.1) is 5.69 Å². The van der Waals surface area contributed by atoms with Crippen LogP contribution in [0.1, 0.15) is 12.0 Å². The number of aryl methyl sites for hydroxylation is 1. The number of carbonyl (C=O) groups excluding carboxylic acids is 1. The summed E-state index contributed by atoms with van der Waals surface area (Å²) in [5.74, 6) is 4.10. The zero-order valence-electron chi connectivity index (χ0n) is 8.58. The summed E-state index contributed by atoms with van der Waals surface area (Å²) in [5, 5.41) is 0.507. The van der Waals surface area contributed by atoms with Gasteiger partial charge in [-0.25, -0.2) is 10.9 Å². The van der Waals surface area contributed by atoms with Crippen molar-refractivity contribution in [1.82, 2.24) is 0 Å². The third kappa shape index (κ3) is 3.54. The molecule has 88 valence electrons. The van der Waals surface area contributed by atoms with Crippen LogP contribution in [0.15, 0.2) is 24.3 Å². The Morgan fingerprint density at radius 2 is 1.81 bits per heavy atom. The number of anilines is 1. The van der Waals surface area contributed by atoms with Crippen LogP contribution in [0.3, 0.4) is 0 Å². The second-order valence-corrected chi connectivity index (χ2v) is 3.39. The van der Waals surface area contributed by atoms with Gasteiger partial charge in [0.2, 0.25) is 5.91 Å². The number of hydrogen-bond donors (Lipinski definition) is 1. The summed E-state index contributed by atoms with van der Waals surface area (Å²) in [6.45, 7) is 1.82. The van der Waals surface area contributed by atoms with Crippen LogP contribution in [-0.4, -0.2) is 12.1 Å². The van der Waals surface area contributed by atoms with Gasteiger partial charge in [-0.3, -0.25) is 4.79 Å². The lowest BCUT2D eigenvalue weighted by Crippen LogP contribution is -2.39. The number of alkyl halides is 3. The van der Waals surface area contributed by atoms with Crippen molar-refractivity contribution in [2.75, 3.05) is 5.01 Å². The normalized spacial score (nSPS) is 11.3. The smallest absolute Gasteiger partial charge is 0.273 e. The molecule has 1 amide bonds. The topological polar surface area (TPSA) is 46.3 Å². The van der Waals surface area contributed by atoms with Gasteiger partial charge in [0.15, 0.2) is 0 Å². The van der Waals surface area contributed by atoms with E-state index in [1.165, 1.54) is 12.1 Å². The van der Waals surface area contributed by atoms with E-state index < -0.39 is 18.5 Å². The van der Waals surface area contributed by atoms with Gasteiger partial charge in [0.1, 0.15) is 6.42 Å². The highest BCUT2D eigenvalue weighted by Gasteiger charge is 2.33. The van der Waals surface area contributed by atoms with Crippen molar-refractivity contribution < 1.29 is 18.0 Å². The van der Waals surface area contributed by atoms with Gasteiger partial charge in [-0.05, 0) is 19.1 Å². The molecule has 0 fully saturated rings. The molecule has 0 aromatic heterocycles. The first-order chi connectivity index (χ1) is 7.29. The lowest BCUT2D eigenvalue weighted by molar-refractivity contribution is -0.151. The monoisotopic (exact) mass is 232 g/mol. The van der Waals surface area contributed by atoms with Gasteiger partial charge in [0.25, 0.3) is 0 Å². The molecule has 0 radical (unpaired) electrons. The first-order valence-electron chi connectivity index (χ1n) is 4.50. The standard InChI is InChI=1S/C10H11F3N2O/c1-7-2-4-8(5-3-7)15(14)9(16)6-10(11,12)13/h2-5H,6,14H2,1H3. The SMILES string of the molecule is Cc1ccc(N(N)C(=O)CC(F)(F)F)cc1.